The van der Waals surface area contributed by atoms with Gasteiger partial charge in [0, 0.05) is 38.1 Å². The molecule has 0 bridgehead atoms. The van der Waals surface area contributed by atoms with E-state index in [4.69, 9.17) is 4.98 Å². The fourth-order valence-electron chi connectivity index (χ4n) is 5.28. The third-order valence-corrected chi connectivity index (χ3v) is 8.42. The number of thioether (sulfide) groups is 1. The van der Waals surface area contributed by atoms with Crippen LogP contribution in [0.3, 0.4) is 0 Å². The van der Waals surface area contributed by atoms with Gasteiger partial charge in [0.2, 0.25) is 11.1 Å². The molecule has 0 aliphatic carbocycles. The topological polar surface area (TPSA) is 67.2 Å². The van der Waals surface area contributed by atoms with Crippen molar-refractivity contribution in [1.29, 1.82) is 0 Å². The Morgan fingerprint density at radius 2 is 1.68 bits per heavy atom. The third-order valence-electron chi connectivity index (χ3n) is 7.48. The Hall–Kier alpha value is -3.98. The number of piperazine rings is 1. The number of halogens is 1. The molecule has 1 unspecified atom stereocenters. The van der Waals surface area contributed by atoms with E-state index in [1.54, 1.807) is 12.1 Å². The van der Waals surface area contributed by atoms with Gasteiger partial charge in [0.1, 0.15) is 11.3 Å². The second kappa shape index (κ2) is 10.9. The number of carbonyl (C=O) groups is 1. The number of amides is 1. The fourth-order valence-corrected chi connectivity index (χ4v) is 6.08. The van der Waals surface area contributed by atoms with Crippen molar-refractivity contribution in [3.63, 3.8) is 0 Å². The number of hydrogen-bond donors (Lipinski definition) is 0. The van der Waals surface area contributed by atoms with Crippen LogP contribution in [0, 0.1) is 19.7 Å². The van der Waals surface area contributed by atoms with Gasteiger partial charge in [-0.1, -0.05) is 65.4 Å². The van der Waals surface area contributed by atoms with Crippen molar-refractivity contribution in [2.75, 3.05) is 31.1 Å². The van der Waals surface area contributed by atoms with Gasteiger partial charge in [0.05, 0.1) is 16.5 Å². The van der Waals surface area contributed by atoms with Crippen molar-refractivity contribution in [2.45, 2.75) is 37.7 Å². The van der Waals surface area contributed by atoms with Gasteiger partial charge in [0.15, 0.2) is 5.65 Å². The Morgan fingerprint density at radius 1 is 0.950 bits per heavy atom. The van der Waals surface area contributed by atoms with Crippen molar-refractivity contribution < 1.29 is 9.18 Å². The van der Waals surface area contributed by atoms with Crippen LogP contribution < -0.4 is 4.90 Å². The minimum atomic E-state index is -0.378. The van der Waals surface area contributed by atoms with Crippen LogP contribution in [0.25, 0.3) is 22.1 Å². The van der Waals surface area contributed by atoms with Crippen LogP contribution in [0.5, 0.6) is 0 Å². The van der Waals surface area contributed by atoms with Crippen LogP contribution >= 0.6 is 11.8 Å². The molecule has 1 atom stereocenters. The number of aromatic nitrogens is 4. The quantitative estimate of drug-likeness (QED) is 0.254. The molecule has 5 aromatic rings. The molecule has 1 aliphatic heterocycles. The summed E-state index contributed by atoms with van der Waals surface area (Å²) in [5.74, 6) is -0.209. The maximum atomic E-state index is 14.2. The molecule has 9 heteroatoms. The van der Waals surface area contributed by atoms with Crippen LogP contribution in [0.4, 0.5) is 10.1 Å². The SMILES string of the molecule is Cc1ccc(Cn2c3ccc(C)cc3c3nnc(SC(C)C(=O)N4CCN(c5ccccc5F)CC4)nc32)cc1. The fraction of sp³-hybridized carbons (Fsp3) is 0.290. The zero-order valence-corrected chi connectivity index (χ0v) is 23.7. The van der Waals surface area contributed by atoms with E-state index in [1.165, 1.54) is 29.0 Å². The molecule has 1 saturated heterocycles. The zero-order chi connectivity index (χ0) is 27.8. The number of rotatable bonds is 6. The van der Waals surface area contributed by atoms with Gasteiger partial charge in [-0.3, -0.25) is 4.79 Å². The van der Waals surface area contributed by atoms with Gasteiger partial charge >= 0.3 is 0 Å². The summed E-state index contributed by atoms with van der Waals surface area (Å²) in [7, 11) is 0. The van der Waals surface area contributed by atoms with E-state index in [1.807, 2.05) is 22.8 Å². The maximum absolute atomic E-state index is 14.2. The van der Waals surface area contributed by atoms with Gasteiger partial charge in [-0.05, 0) is 50.6 Å². The first-order chi connectivity index (χ1) is 19.4. The summed E-state index contributed by atoms with van der Waals surface area (Å²) in [6, 6.07) is 21.6. The Bertz CT molecular complexity index is 1690. The maximum Gasteiger partial charge on any atom is 0.236 e. The third kappa shape index (κ3) is 5.13. The molecule has 1 amide bonds. The van der Waals surface area contributed by atoms with Crippen LogP contribution in [-0.4, -0.2) is 62.0 Å². The largest absolute Gasteiger partial charge is 0.366 e. The summed E-state index contributed by atoms with van der Waals surface area (Å²) < 4.78 is 16.4. The summed E-state index contributed by atoms with van der Waals surface area (Å²) in [5.41, 5.74) is 6.71. The summed E-state index contributed by atoms with van der Waals surface area (Å²) in [4.78, 5) is 22.1. The standard InChI is InChI=1S/C31H31FN6OS/c1-20-8-11-23(12-9-20)19-38-26-13-10-21(2)18-24(26)28-29(38)33-31(35-34-28)40-22(3)30(39)37-16-14-36(15-17-37)27-7-5-4-6-25(27)32/h4-13,18,22H,14-17,19H2,1-3H3. The van der Waals surface area contributed by atoms with E-state index in [0.29, 0.717) is 43.6 Å². The second-order valence-electron chi connectivity index (χ2n) is 10.4. The molecule has 7 nitrogen and oxygen atoms in total. The molecule has 2 aromatic heterocycles. The monoisotopic (exact) mass is 554 g/mol. The molecule has 3 aromatic carbocycles. The molecular weight excluding hydrogens is 523 g/mol. The summed E-state index contributed by atoms with van der Waals surface area (Å²) in [6.07, 6.45) is 0. The highest BCUT2D eigenvalue weighted by Crippen LogP contribution is 2.30. The lowest BCUT2D eigenvalue weighted by Gasteiger charge is -2.37. The Morgan fingerprint density at radius 3 is 2.42 bits per heavy atom. The Kier molecular flexibility index (Phi) is 7.14. The number of anilines is 1. The lowest BCUT2D eigenvalue weighted by molar-refractivity contribution is -0.130. The molecule has 204 valence electrons. The normalized spacial score (nSPS) is 14.7. The molecule has 6 rings (SSSR count). The van der Waals surface area contributed by atoms with Crippen molar-refractivity contribution in [1.82, 2.24) is 24.6 Å². The lowest BCUT2D eigenvalue weighted by Crippen LogP contribution is -2.50. The molecule has 0 radical (unpaired) electrons. The number of nitrogens with zero attached hydrogens (tertiary/aromatic N) is 6. The first-order valence-corrected chi connectivity index (χ1v) is 14.4. The van der Waals surface area contributed by atoms with Gasteiger partial charge in [-0.15, -0.1) is 10.2 Å². The van der Waals surface area contributed by atoms with E-state index in [0.717, 1.165) is 27.6 Å². The molecule has 0 saturated carbocycles. The first-order valence-electron chi connectivity index (χ1n) is 13.5. The number of hydrogen-bond acceptors (Lipinski definition) is 6. The molecule has 1 aliphatic rings. The highest BCUT2D eigenvalue weighted by atomic mass is 32.2. The molecule has 1 fully saturated rings. The van der Waals surface area contributed by atoms with Crippen molar-refractivity contribution in [3.8, 4) is 0 Å². The average Bonchev–Trinajstić information content (AvgIpc) is 3.26. The van der Waals surface area contributed by atoms with Crippen LogP contribution in [0.2, 0.25) is 0 Å². The molecular formula is C31H31FN6OS. The molecule has 40 heavy (non-hydrogen) atoms. The van der Waals surface area contributed by atoms with Gasteiger partial charge in [0.25, 0.3) is 0 Å². The van der Waals surface area contributed by atoms with E-state index in [-0.39, 0.29) is 17.0 Å². The van der Waals surface area contributed by atoms with Crippen molar-refractivity contribution in [2.24, 2.45) is 0 Å². The van der Waals surface area contributed by atoms with Crippen molar-refractivity contribution in [3.05, 3.63) is 89.2 Å². The highest BCUT2D eigenvalue weighted by molar-refractivity contribution is 8.00. The molecule has 3 heterocycles. The van der Waals surface area contributed by atoms with E-state index < -0.39 is 0 Å². The minimum Gasteiger partial charge on any atom is -0.366 e. The average molecular weight is 555 g/mol. The predicted molar refractivity (Wildman–Crippen MR) is 158 cm³/mol. The lowest BCUT2D eigenvalue weighted by atomic mass is 10.1. The van der Waals surface area contributed by atoms with Gasteiger partial charge < -0.3 is 14.4 Å². The van der Waals surface area contributed by atoms with E-state index in [9.17, 15) is 9.18 Å². The number of fused-ring (bicyclic) bond motifs is 3. The molecule has 0 spiro atoms. The van der Waals surface area contributed by atoms with Crippen molar-refractivity contribution >= 4 is 45.4 Å². The van der Waals surface area contributed by atoms with E-state index in [2.05, 4.69) is 71.1 Å². The summed E-state index contributed by atoms with van der Waals surface area (Å²) >= 11 is 1.33. The zero-order valence-electron chi connectivity index (χ0n) is 22.8. The number of carbonyl (C=O) groups excluding carboxylic acids is 1. The van der Waals surface area contributed by atoms with Gasteiger partial charge in [-0.25, -0.2) is 9.37 Å². The Labute approximate surface area is 237 Å². The van der Waals surface area contributed by atoms with Crippen LogP contribution in [-0.2, 0) is 11.3 Å². The minimum absolute atomic E-state index is 0.0257. The number of aryl methyl sites for hydroxylation is 2. The van der Waals surface area contributed by atoms with Gasteiger partial charge in [-0.2, -0.15) is 0 Å². The highest BCUT2D eigenvalue weighted by Gasteiger charge is 2.27. The predicted octanol–water partition coefficient (Wildman–Crippen LogP) is 5.61. The summed E-state index contributed by atoms with van der Waals surface area (Å²) in [6.45, 7) is 8.96. The van der Waals surface area contributed by atoms with E-state index >= 15 is 0 Å². The first kappa shape index (κ1) is 26.3. The molecule has 0 N–H and O–H groups in total. The number of benzene rings is 3. The Balaban J connectivity index is 1.22. The number of para-hydroxylation sites is 1. The van der Waals surface area contributed by atoms with Crippen LogP contribution in [0.15, 0.2) is 71.9 Å². The van der Waals surface area contributed by atoms with Crippen LogP contribution in [0.1, 0.15) is 23.6 Å². The summed E-state index contributed by atoms with van der Waals surface area (Å²) in [5, 5.41) is 10.1. The second-order valence-corrected chi connectivity index (χ2v) is 11.7. The smallest absolute Gasteiger partial charge is 0.236 e.